The molecule has 1 amide bonds. The lowest BCUT2D eigenvalue weighted by molar-refractivity contribution is -0.116. The Morgan fingerprint density at radius 2 is 1.48 bits per heavy atom. The summed E-state index contributed by atoms with van der Waals surface area (Å²) in [6.45, 7) is 2.26. The molecule has 0 aliphatic rings. The average molecular weight is 338 g/mol. The molecule has 1 aromatic rings. The molecule has 0 saturated heterocycles. The van der Waals surface area contributed by atoms with Gasteiger partial charge in [-0.3, -0.25) is 4.79 Å². The minimum atomic E-state index is 0.0863. The van der Waals surface area contributed by atoms with E-state index in [1.54, 1.807) is 12.1 Å². The van der Waals surface area contributed by atoms with E-state index in [-0.39, 0.29) is 5.91 Å². The van der Waals surface area contributed by atoms with Crippen LogP contribution in [0.1, 0.15) is 84.0 Å². The normalized spacial score (nSPS) is 10.7. The monoisotopic (exact) mass is 337 g/mol. The fraction of sp³-hybridized carbons (Fsp3) is 0.650. The first-order valence-corrected chi connectivity index (χ1v) is 9.65. The Bertz CT molecular complexity index is 433. The van der Waals surface area contributed by atoms with E-state index in [1.807, 2.05) is 12.1 Å². The largest absolute Gasteiger partial charge is 0.326 e. The highest BCUT2D eigenvalue weighted by Gasteiger charge is 2.02. The van der Waals surface area contributed by atoms with Gasteiger partial charge in [0.1, 0.15) is 0 Å². The Balaban J connectivity index is 1.91. The molecule has 0 aliphatic heterocycles. The first-order chi connectivity index (χ1) is 11.2. The highest BCUT2D eigenvalue weighted by atomic mass is 35.5. The van der Waals surface area contributed by atoms with E-state index in [1.165, 1.54) is 57.8 Å². The highest BCUT2D eigenvalue weighted by molar-refractivity contribution is 6.30. The summed E-state index contributed by atoms with van der Waals surface area (Å²) in [4.78, 5) is 11.8. The predicted molar refractivity (Wildman–Crippen MR) is 101 cm³/mol. The van der Waals surface area contributed by atoms with E-state index < -0.39 is 0 Å². The molecule has 23 heavy (non-hydrogen) atoms. The van der Waals surface area contributed by atoms with Gasteiger partial charge in [-0.15, -0.1) is 0 Å². The fourth-order valence-electron chi connectivity index (χ4n) is 2.74. The Kier molecular flexibility index (Phi) is 11.7. The van der Waals surface area contributed by atoms with Gasteiger partial charge in [0.15, 0.2) is 0 Å². The second-order valence-corrected chi connectivity index (χ2v) is 6.78. The van der Waals surface area contributed by atoms with Crippen molar-refractivity contribution >= 4 is 23.2 Å². The van der Waals surface area contributed by atoms with Crippen LogP contribution in [0.3, 0.4) is 0 Å². The van der Waals surface area contributed by atoms with Crippen molar-refractivity contribution in [3.63, 3.8) is 0 Å². The van der Waals surface area contributed by atoms with E-state index in [0.29, 0.717) is 11.4 Å². The van der Waals surface area contributed by atoms with Crippen molar-refractivity contribution in [2.24, 2.45) is 0 Å². The number of carbonyl (C=O) groups is 1. The lowest BCUT2D eigenvalue weighted by Crippen LogP contribution is -2.10. The molecule has 0 saturated carbocycles. The van der Waals surface area contributed by atoms with E-state index in [4.69, 9.17) is 11.6 Å². The molecular weight excluding hydrogens is 306 g/mol. The van der Waals surface area contributed by atoms with Crippen molar-refractivity contribution in [3.8, 4) is 0 Å². The Morgan fingerprint density at radius 3 is 2.04 bits per heavy atom. The lowest BCUT2D eigenvalue weighted by Gasteiger charge is -2.05. The Morgan fingerprint density at radius 1 is 0.913 bits per heavy atom. The van der Waals surface area contributed by atoms with Crippen LogP contribution in [0, 0.1) is 0 Å². The van der Waals surface area contributed by atoms with E-state index >= 15 is 0 Å². The number of hydrogen-bond donors (Lipinski definition) is 1. The van der Waals surface area contributed by atoms with Gasteiger partial charge in [0.2, 0.25) is 5.91 Å². The van der Waals surface area contributed by atoms with Crippen molar-refractivity contribution in [1.29, 1.82) is 0 Å². The zero-order valence-electron chi connectivity index (χ0n) is 14.6. The summed E-state index contributed by atoms with van der Waals surface area (Å²) in [7, 11) is 0. The molecular formula is C20H32ClNO. The summed E-state index contributed by atoms with van der Waals surface area (Å²) >= 11 is 5.90. The lowest BCUT2D eigenvalue weighted by atomic mass is 10.1. The van der Waals surface area contributed by atoms with E-state index in [0.717, 1.165) is 18.5 Å². The summed E-state index contributed by atoms with van der Waals surface area (Å²) < 4.78 is 0. The van der Waals surface area contributed by atoms with Gasteiger partial charge in [0.05, 0.1) is 0 Å². The highest BCUT2D eigenvalue weighted by Crippen LogP contribution is 2.16. The number of halogens is 1. The third-order valence-electron chi connectivity index (χ3n) is 4.12. The van der Waals surface area contributed by atoms with Crippen LogP contribution in [-0.2, 0) is 4.79 Å². The number of rotatable bonds is 13. The van der Waals surface area contributed by atoms with Crippen molar-refractivity contribution in [2.75, 3.05) is 5.32 Å². The summed E-state index contributed by atoms with van der Waals surface area (Å²) in [5, 5.41) is 3.55. The SMILES string of the molecule is CCCCCCCCCCCCCC(=O)Nc1cccc(Cl)c1. The van der Waals surface area contributed by atoms with Gasteiger partial charge in [0, 0.05) is 17.1 Å². The molecule has 0 fully saturated rings. The Labute approximate surface area is 147 Å². The molecule has 1 aromatic carbocycles. The van der Waals surface area contributed by atoms with Crippen molar-refractivity contribution in [3.05, 3.63) is 29.3 Å². The van der Waals surface area contributed by atoms with Crippen LogP contribution >= 0.6 is 11.6 Å². The van der Waals surface area contributed by atoms with Crippen LogP contribution in [0.25, 0.3) is 0 Å². The zero-order valence-corrected chi connectivity index (χ0v) is 15.3. The van der Waals surface area contributed by atoms with Crippen LogP contribution in [0.2, 0.25) is 5.02 Å². The smallest absolute Gasteiger partial charge is 0.224 e. The van der Waals surface area contributed by atoms with Crippen molar-refractivity contribution in [2.45, 2.75) is 84.0 Å². The molecule has 0 aromatic heterocycles. The molecule has 1 N–H and O–H groups in total. The van der Waals surface area contributed by atoms with Crippen LogP contribution in [0.5, 0.6) is 0 Å². The summed E-state index contributed by atoms with van der Waals surface area (Å²) in [5.41, 5.74) is 0.783. The molecule has 1 rings (SSSR count). The maximum absolute atomic E-state index is 11.8. The number of amides is 1. The number of benzene rings is 1. The number of hydrogen-bond acceptors (Lipinski definition) is 1. The fourth-order valence-corrected chi connectivity index (χ4v) is 2.93. The first-order valence-electron chi connectivity index (χ1n) is 9.28. The quantitative estimate of drug-likeness (QED) is 0.386. The molecule has 0 bridgehead atoms. The number of unbranched alkanes of at least 4 members (excludes halogenated alkanes) is 10. The standard InChI is InChI=1S/C20H32ClNO/c1-2-3-4-5-6-7-8-9-10-11-12-16-20(23)22-19-15-13-14-18(21)17-19/h13-15,17H,2-12,16H2,1H3,(H,22,23). The maximum Gasteiger partial charge on any atom is 0.224 e. The van der Waals surface area contributed by atoms with Crippen molar-refractivity contribution < 1.29 is 4.79 Å². The number of nitrogens with one attached hydrogen (secondary N) is 1. The minimum Gasteiger partial charge on any atom is -0.326 e. The molecule has 0 atom stereocenters. The second-order valence-electron chi connectivity index (χ2n) is 6.34. The summed E-state index contributed by atoms with van der Waals surface area (Å²) in [5.74, 6) is 0.0863. The first kappa shape index (κ1) is 20.0. The molecule has 3 heteroatoms. The number of carbonyl (C=O) groups excluding carboxylic acids is 1. The molecule has 2 nitrogen and oxygen atoms in total. The van der Waals surface area contributed by atoms with Crippen LogP contribution in [0.15, 0.2) is 24.3 Å². The van der Waals surface area contributed by atoms with Gasteiger partial charge in [-0.2, -0.15) is 0 Å². The molecule has 0 radical (unpaired) electrons. The van der Waals surface area contributed by atoms with Crippen LogP contribution < -0.4 is 5.32 Å². The number of anilines is 1. The van der Waals surface area contributed by atoms with Gasteiger partial charge < -0.3 is 5.32 Å². The van der Waals surface area contributed by atoms with Crippen LogP contribution in [0.4, 0.5) is 5.69 Å². The van der Waals surface area contributed by atoms with E-state index in [9.17, 15) is 4.79 Å². The molecule has 0 heterocycles. The molecule has 0 unspecified atom stereocenters. The predicted octanol–water partition coefficient (Wildman–Crippen LogP) is 6.98. The summed E-state index contributed by atoms with van der Waals surface area (Å²) in [6, 6.07) is 7.30. The third kappa shape index (κ3) is 11.2. The van der Waals surface area contributed by atoms with Gasteiger partial charge in [-0.25, -0.2) is 0 Å². The zero-order chi connectivity index (χ0) is 16.8. The van der Waals surface area contributed by atoms with Crippen molar-refractivity contribution in [1.82, 2.24) is 0 Å². The average Bonchev–Trinajstić information content (AvgIpc) is 2.52. The second kappa shape index (κ2) is 13.4. The maximum atomic E-state index is 11.8. The van der Waals surface area contributed by atoms with Gasteiger partial charge >= 0.3 is 0 Å². The van der Waals surface area contributed by atoms with Gasteiger partial charge in [-0.05, 0) is 24.6 Å². The third-order valence-corrected chi connectivity index (χ3v) is 4.35. The molecule has 130 valence electrons. The van der Waals surface area contributed by atoms with Crippen LogP contribution in [-0.4, -0.2) is 5.91 Å². The molecule has 0 spiro atoms. The topological polar surface area (TPSA) is 29.1 Å². The summed E-state index contributed by atoms with van der Waals surface area (Å²) in [6.07, 6.45) is 14.9. The van der Waals surface area contributed by atoms with E-state index in [2.05, 4.69) is 12.2 Å². The Hall–Kier alpha value is -1.02. The van der Waals surface area contributed by atoms with Gasteiger partial charge in [0.25, 0.3) is 0 Å². The van der Waals surface area contributed by atoms with Gasteiger partial charge in [-0.1, -0.05) is 88.8 Å². The minimum absolute atomic E-state index is 0.0863. The molecule has 0 aliphatic carbocycles.